The average molecular weight is 396 g/mol. The van der Waals surface area contributed by atoms with Crippen molar-refractivity contribution in [3.05, 3.63) is 59.3 Å². The Balaban J connectivity index is 1.59. The number of aliphatic imine (C=N–C) groups is 1. The van der Waals surface area contributed by atoms with Gasteiger partial charge in [0.1, 0.15) is 5.82 Å². The number of hydrogen-bond donors (Lipinski definition) is 2. The lowest BCUT2D eigenvalue weighted by molar-refractivity contribution is 0.0529. The number of pyridine rings is 1. The van der Waals surface area contributed by atoms with Gasteiger partial charge in [0, 0.05) is 32.4 Å². The number of nitrogens with one attached hydrogen (secondary N) is 2. The Morgan fingerprint density at radius 1 is 1.17 bits per heavy atom. The van der Waals surface area contributed by atoms with Gasteiger partial charge in [0.25, 0.3) is 0 Å². The summed E-state index contributed by atoms with van der Waals surface area (Å²) in [5, 5.41) is 6.77. The fourth-order valence-electron chi connectivity index (χ4n) is 3.49. The van der Waals surface area contributed by atoms with E-state index < -0.39 is 0 Å². The molecule has 2 heterocycles. The van der Waals surface area contributed by atoms with Crippen LogP contribution >= 0.6 is 0 Å². The summed E-state index contributed by atoms with van der Waals surface area (Å²) in [7, 11) is 0. The van der Waals surface area contributed by atoms with Gasteiger partial charge in [0.15, 0.2) is 5.96 Å². The fourth-order valence-corrected chi connectivity index (χ4v) is 3.49. The van der Waals surface area contributed by atoms with Gasteiger partial charge in [-0.1, -0.05) is 37.3 Å². The molecule has 29 heavy (non-hydrogen) atoms. The molecule has 0 radical (unpaired) electrons. The van der Waals surface area contributed by atoms with Crippen LogP contribution in [-0.2, 0) is 24.2 Å². The van der Waals surface area contributed by atoms with Crippen LogP contribution in [0.4, 0.5) is 5.82 Å². The smallest absolute Gasteiger partial charge is 0.191 e. The maximum Gasteiger partial charge on any atom is 0.191 e. The van der Waals surface area contributed by atoms with Crippen molar-refractivity contribution >= 4 is 11.8 Å². The van der Waals surface area contributed by atoms with Crippen LogP contribution in [0, 0.1) is 0 Å². The fraction of sp³-hybridized carbons (Fsp3) is 0.478. The van der Waals surface area contributed by atoms with E-state index in [1.54, 1.807) is 0 Å². The molecule has 0 spiro atoms. The third-order valence-electron chi connectivity index (χ3n) is 5.08. The molecule has 0 saturated carbocycles. The Morgan fingerprint density at radius 2 is 2.00 bits per heavy atom. The molecule has 1 atom stereocenters. The molecule has 2 N–H and O–H groups in total. The van der Waals surface area contributed by atoms with Gasteiger partial charge in [-0.3, -0.25) is 0 Å². The quantitative estimate of drug-likeness (QED) is 0.557. The maximum atomic E-state index is 5.61. The number of benzene rings is 1. The number of guanidine groups is 1. The highest BCUT2D eigenvalue weighted by atomic mass is 16.5. The van der Waals surface area contributed by atoms with E-state index in [9.17, 15) is 0 Å². The Bertz CT molecular complexity index is 790. The molecule has 1 saturated heterocycles. The minimum Gasteiger partial charge on any atom is -0.375 e. The normalized spacial score (nSPS) is 17.3. The van der Waals surface area contributed by atoms with Crippen molar-refractivity contribution in [2.24, 2.45) is 4.99 Å². The molecule has 0 bridgehead atoms. The first-order chi connectivity index (χ1) is 14.2. The zero-order valence-corrected chi connectivity index (χ0v) is 17.8. The topological polar surface area (TPSA) is 61.8 Å². The van der Waals surface area contributed by atoms with Gasteiger partial charge < -0.3 is 20.3 Å². The lowest BCUT2D eigenvalue weighted by atomic mass is 10.1. The molecule has 156 valence electrons. The Hall–Kier alpha value is -2.60. The van der Waals surface area contributed by atoms with Crippen LogP contribution in [-0.4, -0.2) is 43.3 Å². The van der Waals surface area contributed by atoms with Gasteiger partial charge in [-0.25, -0.2) is 9.98 Å². The number of hydrogen-bond acceptors (Lipinski definition) is 4. The van der Waals surface area contributed by atoms with Crippen molar-refractivity contribution in [3.8, 4) is 0 Å². The zero-order valence-electron chi connectivity index (χ0n) is 17.8. The molecule has 2 aromatic rings. The lowest BCUT2D eigenvalue weighted by Gasteiger charge is -2.32. The molecule has 1 aliphatic heterocycles. The van der Waals surface area contributed by atoms with Crippen molar-refractivity contribution in [1.82, 2.24) is 15.6 Å². The van der Waals surface area contributed by atoms with E-state index in [2.05, 4.69) is 77.7 Å². The van der Waals surface area contributed by atoms with Gasteiger partial charge in [-0.05, 0) is 43.0 Å². The average Bonchev–Trinajstić information content (AvgIpc) is 2.76. The molecule has 0 aliphatic carbocycles. The Morgan fingerprint density at radius 3 is 2.69 bits per heavy atom. The van der Waals surface area contributed by atoms with E-state index >= 15 is 0 Å². The van der Waals surface area contributed by atoms with Crippen molar-refractivity contribution in [2.75, 3.05) is 31.1 Å². The zero-order chi connectivity index (χ0) is 20.5. The van der Waals surface area contributed by atoms with Gasteiger partial charge in [-0.15, -0.1) is 0 Å². The summed E-state index contributed by atoms with van der Waals surface area (Å²) in [6.45, 7) is 11.1. The highest BCUT2D eigenvalue weighted by Gasteiger charge is 2.17. The summed E-state index contributed by atoms with van der Waals surface area (Å²) in [5.41, 5.74) is 3.78. The summed E-state index contributed by atoms with van der Waals surface area (Å²) < 4.78 is 5.61. The second-order valence-corrected chi connectivity index (χ2v) is 7.32. The molecule has 6 nitrogen and oxygen atoms in total. The molecule has 0 amide bonds. The predicted molar refractivity (Wildman–Crippen MR) is 119 cm³/mol. The van der Waals surface area contributed by atoms with Crippen LogP contribution in [0.2, 0.25) is 0 Å². The Labute approximate surface area is 174 Å². The second-order valence-electron chi connectivity index (χ2n) is 7.32. The first-order valence-electron chi connectivity index (χ1n) is 10.6. The van der Waals surface area contributed by atoms with E-state index in [0.717, 1.165) is 56.5 Å². The van der Waals surface area contributed by atoms with Gasteiger partial charge >= 0.3 is 0 Å². The van der Waals surface area contributed by atoms with Crippen molar-refractivity contribution in [2.45, 2.75) is 46.4 Å². The third-order valence-corrected chi connectivity index (χ3v) is 5.08. The number of aromatic nitrogens is 1. The summed E-state index contributed by atoms with van der Waals surface area (Å²) in [5.74, 6) is 1.83. The third kappa shape index (κ3) is 6.19. The van der Waals surface area contributed by atoms with Crippen LogP contribution in [0.5, 0.6) is 0 Å². The molecular weight excluding hydrogens is 362 g/mol. The number of morpholine rings is 1. The minimum atomic E-state index is 0.251. The van der Waals surface area contributed by atoms with Crippen LogP contribution in [0.3, 0.4) is 0 Å². The number of anilines is 1. The van der Waals surface area contributed by atoms with E-state index in [0.29, 0.717) is 6.54 Å². The van der Waals surface area contributed by atoms with Crippen LogP contribution in [0.25, 0.3) is 0 Å². The lowest BCUT2D eigenvalue weighted by Crippen LogP contribution is -2.41. The number of rotatable bonds is 7. The Kier molecular flexibility index (Phi) is 7.87. The largest absolute Gasteiger partial charge is 0.375 e. The first kappa shape index (κ1) is 21.1. The number of aryl methyl sites for hydroxylation is 1. The van der Waals surface area contributed by atoms with Crippen molar-refractivity contribution < 1.29 is 4.74 Å². The molecule has 3 rings (SSSR count). The van der Waals surface area contributed by atoms with Crippen LogP contribution < -0.4 is 15.5 Å². The SMILES string of the molecule is CCNC(=NCc1ccc(N2CCOC(C)C2)nc1)NCc1ccccc1CC. The molecule has 1 fully saturated rings. The minimum absolute atomic E-state index is 0.251. The van der Waals surface area contributed by atoms with E-state index in [-0.39, 0.29) is 6.10 Å². The van der Waals surface area contributed by atoms with Gasteiger partial charge in [0.05, 0.1) is 19.3 Å². The summed E-state index contributed by atoms with van der Waals surface area (Å²) in [4.78, 5) is 11.6. The predicted octanol–water partition coefficient (Wildman–Crippen LogP) is 3.12. The van der Waals surface area contributed by atoms with E-state index in [1.165, 1.54) is 11.1 Å². The highest BCUT2D eigenvalue weighted by molar-refractivity contribution is 5.79. The molecular formula is C23H33N5O. The standard InChI is InChI=1S/C23H33N5O/c1-4-20-8-6-7-9-21(20)16-27-23(24-5-2)26-15-19-10-11-22(25-14-19)28-12-13-29-18(3)17-28/h6-11,14,18H,4-5,12-13,15-17H2,1-3H3,(H2,24,26,27). The summed E-state index contributed by atoms with van der Waals surface area (Å²) in [6, 6.07) is 12.7. The van der Waals surface area contributed by atoms with Gasteiger partial charge in [0.2, 0.25) is 0 Å². The number of ether oxygens (including phenoxy) is 1. The number of nitrogens with zero attached hydrogens (tertiary/aromatic N) is 3. The van der Waals surface area contributed by atoms with E-state index in [1.807, 2.05) is 6.20 Å². The highest BCUT2D eigenvalue weighted by Crippen LogP contribution is 2.16. The summed E-state index contributed by atoms with van der Waals surface area (Å²) >= 11 is 0. The molecule has 1 unspecified atom stereocenters. The monoisotopic (exact) mass is 395 g/mol. The second kappa shape index (κ2) is 10.8. The van der Waals surface area contributed by atoms with E-state index in [4.69, 9.17) is 9.73 Å². The molecule has 1 aromatic heterocycles. The molecule has 1 aromatic carbocycles. The molecule has 1 aliphatic rings. The van der Waals surface area contributed by atoms with Crippen molar-refractivity contribution in [3.63, 3.8) is 0 Å². The van der Waals surface area contributed by atoms with Crippen LogP contribution in [0.1, 0.15) is 37.5 Å². The van der Waals surface area contributed by atoms with Crippen LogP contribution in [0.15, 0.2) is 47.6 Å². The van der Waals surface area contributed by atoms with Crippen molar-refractivity contribution in [1.29, 1.82) is 0 Å². The van der Waals surface area contributed by atoms with Gasteiger partial charge in [-0.2, -0.15) is 0 Å². The first-order valence-corrected chi connectivity index (χ1v) is 10.6. The molecule has 6 heteroatoms. The summed E-state index contributed by atoms with van der Waals surface area (Å²) in [6.07, 6.45) is 3.21. The maximum absolute atomic E-state index is 5.61.